The van der Waals surface area contributed by atoms with E-state index < -0.39 is 0 Å². The van der Waals surface area contributed by atoms with Crippen LogP contribution < -0.4 is 0 Å². The van der Waals surface area contributed by atoms with E-state index in [2.05, 4.69) is 36.7 Å². The van der Waals surface area contributed by atoms with Crippen LogP contribution in [0.2, 0.25) is 0 Å². The molecule has 2 aromatic rings. The van der Waals surface area contributed by atoms with E-state index in [1.807, 2.05) is 22.7 Å². The van der Waals surface area contributed by atoms with Gasteiger partial charge >= 0.3 is 0 Å². The lowest BCUT2D eigenvalue weighted by molar-refractivity contribution is 0.718. The predicted molar refractivity (Wildman–Crippen MR) is 94.1 cm³/mol. The molecular weight excluding hydrogens is 280 g/mol. The average molecular weight is 307 g/mol. The molecule has 0 aliphatic rings. The van der Waals surface area contributed by atoms with Crippen LogP contribution in [0.3, 0.4) is 0 Å². The molecule has 0 radical (unpaired) electrons. The highest BCUT2D eigenvalue weighted by molar-refractivity contribution is 7.20. The number of thiophene rings is 2. The molecular formula is C18H26S2. The van der Waals surface area contributed by atoms with Crippen molar-refractivity contribution in [2.24, 2.45) is 0 Å². The lowest BCUT2D eigenvalue weighted by Gasteiger charge is -2.01. The third kappa shape index (κ3) is 4.46. The van der Waals surface area contributed by atoms with Crippen LogP contribution in [-0.4, -0.2) is 0 Å². The molecule has 0 saturated heterocycles. The Morgan fingerprint density at radius 1 is 0.900 bits per heavy atom. The van der Waals surface area contributed by atoms with Gasteiger partial charge in [-0.25, -0.2) is 0 Å². The Morgan fingerprint density at radius 3 is 2.40 bits per heavy atom. The highest BCUT2D eigenvalue weighted by Gasteiger charge is 2.09. The highest BCUT2D eigenvalue weighted by atomic mass is 32.1. The summed E-state index contributed by atoms with van der Waals surface area (Å²) in [4.78, 5) is 3.01. The number of aryl methyl sites for hydroxylation is 2. The Morgan fingerprint density at radius 2 is 1.65 bits per heavy atom. The van der Waals surface area contributed by atoms with Gasteiger partial charge in [-0.3, -0.25) is 0 Å². The maximum absolute atomic E-state index is 2.43. The minimum absolute atomic E-state index is 1.25. The molecule has 0 unspecified atom stereocenters. The van der Waals surface area contributed by atoms with Gasteiger partial charge in [-0.05, 0) is 59.7 Å². The highest BCUT2D eigenvalue weighted by Crippen LogP contribution is 2.35. The van der Waals surface area contributed by atoms with E-state index in [0.717, 1.165) is 0 Å². The van der Waals surface area contributed by atoms with Crippen LogP contribution in [0, 0.1) is 0 Å². The van der Waals surface area contributed by atoms with Gasteiger partial charge in [0.15, 0.2) is 0 Å². The van der Waals surface area contributed by atoms with Crippen LogP contribution in [0.15, 0.2) is 22.9 Å². The molecule has 0 N–H and O–H groups in total. The zero-order chi connectivity index (χ0) is 14.2. The Kier molecular flexibility index (Phi) is 6.81. The molecule has 2 heteroatoms. The molecule has 2 aromatic heterocycles. The van der Waals surface area contributed by atoms with E-state index in [4.69, 9.17) is 0 Å². The van der Waals surface area contributed by atoms with E-state index in [0.29, 0.717) is 0 Å². The van der Waals surface area contributed by atoms with Gasteiger partial charge in [0.2, 0.25) is 0 Å². The maximum Gasteiger partial charge on any atom is 0.0474 e. The van der Waals surface area contributed by atoms with Gasteiger partial charge in [-0.2, -0.15) is 0 Å². The third-order valence-electron chi connectivity index (χ3n) is 3.74. The molecule has 20 heavy (non-hydrogen) atoms. The third-order valence-corrected chi connectivity index (χ3v) is 5.86. The normalized spacial score (nSPS) is 11.1. The van der Waals surface area contributed by atoms with Gasteiger partial charge in [0.25, 0.3) is 0 Å². The average Bonchev–Trinajstić information content (AvgIpc) is 3.08. The maximum atomic E-state index is 2.43. The van der Waals surface area contributed by atoms with E-state index >= 15 is 0 Å². The molecule has 0 aliphatic carbocycles. The van der Waals surface area contributed by atoms with Crippen LogP contribution >= 0.6 is 22.7 Å². The van der Waals surface area contributed by atoms with Crippen LogP contribution in [0.4, 0.5) is 0 Å². The molecule has 0 aromatic carbocycles. The number of hydrogen-bond donors (Lipinski definition) is 0. The monoisotopic (exact) mass is 306 g/mol. The zero-order valence-corrected chi connectivity index (χ0v) is 14.4. The van der Waals surface area contributed by atoms with Gasteiger partial charge in [0.1, 0.15) is 0 Å². The summed E-state index contributed by atoms with van der Waals surface area (Å²) >= 11 is 3.84. The minimum Gasteiger partial charge on any atom is -0.143 e. The lowest BCUT2D eigenvalue weighted by atomic mass is 10.1. The summed E-state index contributed by atoms with van der Waals surface area (Å²) in [5, 5.41) is 4.62. The molecule has 0 aliphatic heterocycles. The van der Waals surface area contributed by atoms with Crippen molar-refractivity contribution < 1.29 is 0 Å². The van der Waals surface area contributed by atoms with E-state index in [1.165, 1.54) is 66.7 Å². The first kappa shape index (κ1) is 15.8. The fourth-order valence-electron chi connectivity index (χ4n) is 2.52. The summed E-state index contributed by atoms with van der Waals surface area (Å²) < 4.78 is 0. The fraction of sp³-hybridized carbons (Fsp3) is 0.556. The van der Waals surface area contributed by atoms with Gasteiger partial charge in [-0.15, -0.1) is 22.7 Å². The van der Waals surface area contributed by atoms with Gasteiger partial charge in [-0.1, -0.05) is 39.5 Å². The van der Waals surface area contributed by atoms with Crippen molar-refractivity contribution in [3.63, 3.8) is 0 Å². The van der Waals surface area contributed by atoms with Crippen LogP contribution in [0.1, 0.15) is 63.5 Å². The summed E-state index contributed by atoms with van der Waals surface area (Å²) in [6.07, 6.45) is 10.5. The quantitative estimate of drug-likeness (QED) is 0.440. The van der Waals surface area contributed by atoms with Gasteiger partial charge < -0.3 is 0 Å². The van der Waals surface area contributed by atoms with Crippen molar-refractivity contribution in [3.8, 4) is 9.75 Å². The smallest absolute Gasteiger partial charge is 0.0474 e. The van der Waals surface area contributed by atoms with Gasteiger partial charge in [0, 0.05) is 9.75 Å². The molecule has 2 heterocycles. The van der Waals surface area contributed by atoms with Crippen LogP contribution in [0.5, 0.6) is 0 Å². The first-order chi connectivity index (χ1) is 9.85. The van der Waals surface area contributed by atoms with Crippen molar-refractivity contribution in [3.05, 3.63) is 34.0 Å². The molecule has 0 nitrogen and oxygen atoms in total. The lowest BCUT2D eigenvalue weighted by Crippen LogP contribution is -1.84. The number of unbranched alkanes of at least 4 members (excludes halogenated alkanes) is 4. The van der Waals surface area contributed by atoms with E-state index in [9.17, 15) is 0 Å². The van der Waals surface area contributed by atoms with Crippen molar-refractivity contribution in [2.45, 2.75) is 65.2 Å². The van der Waals surface area contributed by atoms with Crippen LogP contribution in [-0.2, 0) is 12.8 Å². The van der Waals surface area contributed by atoms with Gasteiger partial charge in [0.05, 0.1) is 0 Å². The van der Waals surface area contributed by atoms with E-state index in [-0.39, 0.29) is 0 Å². The molecule has 110 valence electrons. The van der Waals surface area contributed by atoms with Crippen molar-refractivity contribution in [2.75, 3.05) is 0 Å². The summed E-state index contributed by atoms with van der Waals surface area (Å²) in [7, 11) is 0. The Hall–Kier alpha value is -0.600. The Bertz CT molecular complexity index is 493. The molecule has 0 saturated carbocycles. The second kappa shape index (κ2) is 8.63. The summed E-state index contributed by atoms with van der Waals surface area (Å²) in [5.41, 5.74) is 3.09. The van der Waals surface area contributed by atoms with Crippen molar-refractivity contribution in [1.82, 2.24) is 0 Å². The Labute approximate surface area is 131 Å². The molecule has 0 spiro atoms. The fourth-order valence-corrected chi connectivity index (χ4v) is 4.59. The number of rotatable bonds is 9. The molecule has 0 amide bonds. The topological polar surface area (TPSA) is 0 Å². The second-order valence-electron chi connectivity index (χ2n) is 5.51. The summed E-state index contributed by atoms with van der Waals surface area (Å²) in [6.45, 7) is 4.55. The van der Waals surface area contributed by atoms with Crippen molar-refractivity contribution in [1.29, 1.82) is 0 Å². The summed E-state index contributed by atoms with van der Waals surface area (Å²) in [5.74, 6) is 0. The minimum atomic E-state index is 1.25. The first-order valence-electron chi connectivity index (χ1n) is 7.99. The van der Waals surface area contributed by atoms with Crippen LogP contribution in [0.25, 0.3) is 9.75 Å². The number of hydrogen-bond acceptors (Lipinski definition) is 2. The first-order valence-corrected chi connectivity index (χ1v) is 9.75. The molecule has 2 rings (SSSR count). The largest absolute Gasteiger partial charge is 0.143 e. The molecule has 0 fully saturated rings. The summed E-state index contributed by atoms with van der Waals surface area (Å²) in [6, 6.07) is 4.75. The van der Waals surface area contributed by atoms with E-state index in [1.54, 1.807) is 5.56 Å². The Balaban J connectivity index is 1.98. The SMILES string of the molecule is CCCCCc1csc(-c2sccc2CCCCC)c1. The van der Waals surface area contributed by atoms with Crippen molar-refractivity contribution >= 4 is 22.7 Å². The second-order valence-corrected chi connectivity index (χ2v) is 7.34. The standard InChI is InChI=1S/C18H26S2/c1-3-5-7-9-15-13-17(20-14-15)18-16(11-12-19-18)10-8-6-4-2/h11-14H,3-10H2,1-2H3. The molecule has 0 atom stereocenters. The molecule has 0 bridgehead atoms. The zero-order valence-electron chi connectivity index (χ0n) is 12.8. The predicted octanol–water partition coefficient (Wildman–Crippen LogP) is 6.94.